The van der Waals surface area contributed by atoms with Crippen molar-refractivity contribution in [2.75, 3.05) is 18.5 Å². The van der Waals surface area contributed by atoms with Gasteiger partial charge in [-0.3, -0.25) is 9.59 Å². The quantitative estimate of drug-likeness (QED) is 0.654. The maximum atomic E-state index is 12.8. The van der Waals surface area contributed by atoms with Gasteiger partial charge in [0, 0.05) is 24.5 Å². The molecule has 0 bridgehead atoms. The van der Waals surface area contributed by atoms with Crippen molar-refractivity contribution in [3.63, 3.8) is 0 Å². The van der Waals surface area contributed by atoms with Crippen LogP contribution >= 0.6 is 11.6 Å². The number of ether oxygens (including phenoxy) is 1. The number of nitrogens with zero attached hydrogens (tertiary/aromatic N) is 1. The fraction of sp³-hybridized carbons (Fsp3) is 0.381. The third-order valence-electron chi connectivity index (χ3n) is 4.46. The molecule has 1 unspecified atom stereocenters. The van der Waals surface area contributed by atoms with Crippen LogP contribution in [0.1, 0.15) is 57.4 Å². The highest BCUT2D eigenvalue weighted by Gasteiger charge is 2.24. The van der Waals surface area contributed by atoms with Crippen molar-refractivity contribution in [3.8, 4) is 0 Å². The van der Waals surface area contributed by atoms with Crippen molar-refractivity contribution in [2.24, 2.45) is 5.92 Å². The van der Waals surface area contributed by atoms with Gasteiger partial charge in [-0.2, -0.15) is 0 Å². The lowest BCUT2D eigenvalue weighted by atomic mass is 10.1. The normalized spacial score (nSPS) is 14.4. The van der Waals surface area contributed by atoms with Gasteiger partial charge in [0.25, 0.3) is 11.8 Å². The summed E-state index contributed by atoms with van der Waals surface area (Å²) in [5.74, 6) is -0.182. The summed E-state index contributed by atoms with van der Waals surface area (Å²) < 4.78 is 5.38. The molecule has 1 aromatic carbocycles. The molecule has 7 heteroatoms. The predicted molar refractivity (Wildman–Crippen MR) is 109 cm³/mol. The minimum absolute atomic E-state index is 0.138. The highest BCUT2D eigenvalue weighted by atomic mass is 35.5. The van der Waals surface area contributed by atoms with Crippen molar-refractivity contribution in [1.29, 1.82) is 0 Å². The number of halogens is 1. The molecule has 28 heavy (non-hydrogen) atoms. The number of amides is 2. The SMILES string of the molecule is CCOC(Cl)c1cccc(NC(=O)c2ccc(C)nc2C(=O)NCC2CC2)c1. The van der Waals surface area contributed by atoms with Crippen LogP contribution in [0.3, 0.4) is 0 Å². The number of rotatable bonds is 8. The lowest BCUT2D eigenvalue weighted by molar-refractivity contribution is 0.0933. The molecule has 1 aliphatic rings. The summed E-state index contributed by atoms with van der Waals surface area (Å²) in [4.78, 5) is 29.6. The van der Waals surface area contributed by atoms with E-state index < -0.39 is 11.5 Å². The average Bonchev–Trinajstić information content (AvgIpc) is 3.51. The average molecular weight is 402 g/mol. The topological polar surface area (TPSA) is 80.3 Å². The van der Waals surface area contributed by atoms with E-state index in [0.717, 1.165) is 18.4 Å². The van der Waals surface area contributed by atoms with Gasteiger partial charge in [0.05, 0.1) is 5.56 Å². The summed E-state index contributed by atoms with van der Waals surface area (Å²) in [5, 5.41) is 5.68. The van der Waals surface area contributed by atoms with E-state index in [-0.39, 0.29) is 17.2 Å². The molecule has 3 rings (SSSR count). The van der Waals surface area contributed by atoms with Crippen LogP contribution < -0.4 is 10.6 Å². The summed E-state index contributed by atoms with van der Waals surface area (Å²) in [7, 11) is 0. The fourth-order valence-electron chi connectivity index (χ4n) is 2.75. The van der Waals surface area contributed by atoms with Gasteiger partial charge in [0.15, 0.2) is 5.56 Å². The number of anilines is 1. The third-order valence-corrected chi connectivity index (χ3v) is 4.84. The smallest absolute Gasteiger partial charge is 0.270 e. The molecule has 148 valence electrons. The van der Waals surface area contributed by atoms with Gasteiger partial charge in [0.1, 0.15) is 5.69 Å². The molecule has 1 fully saturated rings. The van der Waals surface area contributed by atoms with Crippen molar-refractivity contribution >= 4 is 29.1 Å². The van der Waals surface area contributed by atoms with Gasteiger partial charge in [-0.25, -0.2) is 4.98 Å². The Balaban J connectivity index is 1.76. The molecule has 2 aromatic rings. The molecule has 2 N–H and O–H groups in total. The first kappa shape index (κ1) is 20.3. The number of carbonyl (C=O) groups is 2. The molecule has 0 radical (unpaired) electrons. The Hall–Kier alpha value is -2.44. The lowest BCUT2D eigenvalue weighted by Gasteiger charge is -2.13. The Morgan fingerprint density at radius 3 is 2.75 bits per heavy atom. The second-order valence-corrected chi connectivity index (χ2v) is 7.25. The second kappa shape index (κ2) is 9.17. The highest BCUT2D eigenvalue weighted by Crippen LogP contribution is 2.28. The number of aryl methyl sites for hydroxylation is 1. The van der Waals surface area contributed by atoms with E-state index in [4.69, 9.17) is 16.3 Å². The first-order chi connectivity index (χ1) is 13.5. The first-order valence-electron chi connectivity index (χ1n) is 9.40. The number of aromatic nitrogens is 1. The van der Waals surface area contributed by atoms with Gasteiger partial charge in [0.2, 0.25) is 0 Å². The molecule has 0 spiro atoms. The monoisotopic (exact) mass is 401 g/mol. The Kier molecular flexibility index (Phi) is 6.65. The Bertz CT molecular complexity index is 868. The van der Waals surface area contributed by atoms with Crippen LogP contribution in [0.15, 0.2) is 36.4 Å². The standard InChI is InChI=1S/C21H24ClN3O3/c1-3-28-19(22)15-5-4-6-16(11-15)25-20(26)17-10-7-13(2)24-18(17)21(27)23-12-14-8-9-14/h4-7,10-11,14,19H,3,8-9,12H2,1-2H3,(H,23,27)(H,25,26). The number of pyridine rings is 1. The van der Waals surface area contributed by atoms with Crippen LogP contribution in [-0.4, -0.2) is 29.9 Å². The van der Waals surface area contributed by atoms with Crippen molar-refractivity contribution in [2.45, 2.75) is 32.3 Å². The minimum atomic E-state index is -0.591. The van der Waals surface area contributed by atoms with Crippen molar-refractivity contribution < 1.29 is 14.3 Å². The maximum absolute atomic E-state index is 12.8. The van der Waals surface area contributed by atoms with E-state index >= 15 is 0 Å². The van der Waals surface area contributed by atoms with Gasteiger partial charge in [-0.05, 0) is 62.4 Å². The predicted octanol–water partition coefficient (Wildman–Crippen LogP) is 4.06. The highest BCUT2D eigenvalue weighted by molar-refractivity contribution is 6.20. The van der Waals surface area contributed by atoms with Gasteiger partial charge < -0.3 is 15.4 Å². The molecule has 1 aromatic heterocycles. The van der Waals surface area contributed by atoms with Crippen molar-refractivity contribution in [3.05, 3.63) is 58.9 Å². The van der Waals surface area contributed by atoms with Crippen LogP contribution in [0.5, 0.6) is 0 Å². The zero-order chi connectivity index (χ0) is 20.1. The van der Waals surface area contributed by atoms with Gasteiger partial charge in [-0.15, -0.1) is 0 Å². The number of alkyl halides is 1. The van der Waals surface area contributed by atoms with E-state index in [9.17, 15) is 9.59 Å². The van der Waals surface area contributed by atoms with E-state index in [1.165, 1.54) is 0 Å². The molecule has 1 heterocycles. The van der Waals surface area contributed by atoms with E-state index in [2.05, 4.69) is 15.6 Å². The number of hydrogen-bond acceptors (Lipinski definition) is 4. The molecule has 0 saturated heterocycles. The molecule has 1 aliphatic carbocycles. The molecule has 6 nitrogen and oxygen atoms in total. The second-order valence-electron chi connectivity index (χ2n) is 6.85. The van der Waals surface area contributed by atoms with E-state index in [1.807, 2.05) is 13.0 Å². The first-order valence-corrected chi connectivity index (χ1v) is 9.84. The Morgan fingerprint density at radius 1 is 1.25 bits per heavy atom. The molecular formula is C21H24ClN3O3. The number of carbonyl (C=O) groups excluding carboxylic acids is 2. The molecule has 1 saturated carbocycles. The Morgan fingerprint density at radius 2 is 2.04 bits per heavy atom. The van der Waals surface area contributed by atoms with E-state index in [1.54, 1.807) is 37.3 Å². The van der Waals surface area contributed by atoms with Gasteiger partial charge in [-0.1, -0.05) is 23.7 Å². The zero-order valence-corrected chi connectivity index (χ0v) is 16.8. The number of hydrogen-bond donors (Lipinski definition) is 2. The van der Waals surface area contributed by atoms with Crippen LogP contribution in [0, 0.1) is 12.8 Å². The summed E-state index contributed by atoms with van der Waals surface area (Å²) in [6.45, 7) is 4.75. The fourth-order valence-corrected chi connectivity index (χ4v) is 3.02. The third kappa shape index (κ3) is 5.30. The minimum Gasteiger partial charge on any atom is -0.359 e. The number of benzene rings is 1. The lowest BCUT2D eigenvalue weighted by Crippen LogP contribution is -2.29. The van der Waals surface area contributed by atoms with Gasteiger partial charge >= 0.3 is 0 Å². The molecule has 0 aliphatic heterocycles. The number of nitrogens with one attached hydrogen (secondary N) is 2. The summed E-state index contributed by atoms with van der Waals surface area (Å²) in [6, 6.07) is 10.5. The van der Waals surface area contributed by atoms with Crippen LogP contribution in [0.25, 0.3) is 0 Å². The van der Waals surface area contributed by atoms with Crippen LogP contribution in [-0.2, 0) is 4.74 Å². The summed E-state index contributed by atoms with van der Waals surface area (Å²) in [6.07, 6.45) is 2.27. The summed E-state index contributed by atoms with van der Waals surface area (Å²) in [5.41, 5.74) is 1.77. The maximum Gasteiger partial charge on any atom is 0.270 e. The zero-order valence-electron chi connectivity index (χ0n) is 16.0. The Labute approximate surface area is 169 Å². The van der Waals surface area contributed by atoms with E-state index in [0.29, 0.717) is 30.5 Å². The van der Waals surface area contributed by atoms with Crippen LogP contribution in [0.4, 0.5) is 5.69 Å². The largest absolute Gasteiger partial charge is 0.359 e. The molecule has 2 amide bonds. The molecular weight excluding hydrogens is 378 g/mol. The van der Waals surface area contributed by atoms with Crippen molar-refractivity contribution in [1.82, 2.24) is 10.3 Å². The molecule has 1 atom stereocenters. The van der Waals surface area contributed by atoms with Crippen LogP contribution in [0.2, 0.25) is 0 Å². The summed E-state index contributed by atoms with van der Waals surface area (Å²) >= 11 is 6.18.